The summed E-state index contributed by atoms with van der Waals surface area (Å²) >= 11 is 0. The lowest BCUT2D eigenvalue weighted by Gasteiger charge is -2.24. The zero-order valence-corrected chi connectivity index (χ0v) is 9.50. The zero-order valence-electron chi connectivity index (χ0n) is 9.50. The lowest BCUT2D eigenvalue weighted by Crippen LogP contribution is -2.34. The molecule has 0 radical (unpaired) electrons. The van der Waals surface area contributed by atoms with Crippen LogP contribution in [-0.4, -0.2) is 12.0 Å². The molecule has 0 unspecified atom stereocenters. The van der Waals surface area contributed by atoms with Crippen molar-refractivity contribution in [2.24, 2.45) is 0 Å². The van der Waals surface area contributed by atoms with Crippen LogP contribution in [0.5, 0.6) is 0 Å². The number of benzene rings is 1. The Morgan fingerprint density at radius 2 is 2.00 bits per heavy atom. The molecule has 1 rings (SSSR count). The van der Waals surface area contributed by atoms with Gasteiger partial charge in [-0.2, -0.15) is 0 Å². The zero-order chi connectivity index (χ0) is 11.6. The Morgan fingerprint density at radius 3 is 2.47 bits per heavy atom. The van der Waals surface area contributed by atoms with Gasteiger partial charge in [0.25, 0.3) is 5.69 Å². The second-order valence-corrected chi connectivity index (χ2v) is 4.10. The van der Waals surface area contributed by atoms with Gasteiger partial charge in [0.15, 0.2) is 0 Å². The first-order valence-corrected chi connectivity index (χ1v) is 4.83. The normalized spacial score (nSPS) is 11.5. The smallest absolute Gasteiger partial charge is 0.277 e. The molecule has 0 saturated carbocycles. The van der Waals surface area contributed by atoms with Gasteiger partial charge in [0, 0.05) is 16.7 Å². The van der Waals surface area contributed by atoms with Crippen molar-refractivity contribution in [2.45, 2.75) is 26.3 Å². The van der Waals surface area contributed by atoms with Gasteiger partial charge in [-0.1, -0.05) is 18.2 Å². The highest BCUT2D eigenvalue weighted by Crippen LogP contribution is 2.31. The van der Waals surface area contributed by atoms with E-state index in [2.05, 4.69) is 5.32 Å². The van der Waals surface area contributed by atoms with Crippen molar-refractivity contribution in [1.82, 2.24) is 5.32 Å². The first-order chi connectivity index (χ1) is 6.90. The van der Waals surface area contributed by atoms with Gasteiger partial charge < -0.3 is 5.32 Å². The molecule has 0 aliphatic rings. The predicted octanol–water partition coefficient (Wildman–Crippen LogP) is 2.36. The third kappa shape index (κ3) is 2.15. The Morgan fingerprint density at radius 1 is 1.40 bits per heavy atom. The van der Waals surface area contributed by atoms with Gasteiger partial charge in [0.05, 0.1) is 4.92 Å². The number of nitrogens with zero attached hydrogens (tertiary/aromatic N) is 1. The van der Waals surface area contributed by atoms with Gasteiger partial charge >= 0.3 is 0 Å². The average Bonchev–Trinajstić information content (AvgIpc) is 2.16. The Bertz CT molecular complexity index is 386. The van der Waals surface area contributed by atoms with Crippen LogP contribution >= 0.6 is 0 Å². The molecule has 0 saturated heterocycles. The first kappa shape index (κ1) is 11.7. The topological polar surface area (TPSA) is 55.2 Å². The molecule has 1 aromatic rings. The van der Waals surface area contributed by atoms with Crippen LogP contribution in [-0.2, 0) is 5.54 Å². The number of para-hydroxylation sites is 1. The van der Waals surface area contributed by atoms with Crippen molar-refractivity contribution < 1.29 is 4.92 Å². The number of hydrogen-bond donors (Lipinski definition) is 1. The van der Waals surface area contributed by atoms with E-state index in [1.54, 1.807) is 26.1 Å². The van der Waals surface area contributed by atoms with Crippen molar-refractivity contribution >= 4 is 5.69 Å². The number of nitro groups is 1. The molecule has 0 amide bonds. The molecule has 0 fully saturated rings. The highest BCUT2D eigenvalue weighted by atomic mass is 16.6. The summed E-state index contributed by atoms with van der Waals surface area (Å²) in [5.74, 6) is 0. The van der Waals surface area contributed by atoms with Crippen LogP contribution < -0.4 is 5.32 Å². The molecule has 4 nitrogen and oxygen atoms in total. The Kier molecular flexibility index (Phi) is 3.09. The molecule has 0 aliphatic carbocycles. The molecule has 1 N–H and O–H groups in total. The maximum Gasteiger partial charge on any atom is 0.277 e. The molecule has 0 bridgehead atoms. The van der Waals surface area contributed by atoms with Crippen molar-refractivity contribution in [3.8, 4) is 0 Å². The van der Waals surface area contributed by atoms with Gasteiger partial charge in [-0.3, -0.25) is 10.1 Å². The molecule has 0 aromatic heterocycles. The van der Waals surface area contributed by atoms with E-state index in [0.29, 0.717) is 5.56 Å². The molecule has 1 aromatic carbocycles. The van der Waals surface area contributed by atoms with Crippen LogP contribution in [0.15, 0.2) is 18.2 Å². The molecular formula is C11H16N2O2. The van der Waals surface area contributed by atoms with E-state index in [-0.39, 0.29) is 10.6 Å². The fourth-order valence-corrected chi connectivity index (χ4v) is 1.54. The quantitative estimate of drug-likeness (QED) is 0.612. The van der Waals surface area contributed by atoms with E-state index in [1.165, 1.54) is 0 Å². The highest BCUT2D eigenvalue weighted by molar-refractivity contribution is 5.50. The second-order valence-electron chi connectivity index (χ2n) is 4.10. The van der Waals surface area contributed by atoms with E-state index in [9.17, 15) is 10.1 Å². The van der Waals surface area contributed by atoms with E-state index in [4.69, 9.17) is 0 Å². The first-order valence-electron chi connectivity index (χ1n) is 4.83. The molecular weight excluding hydrogens is 192 g/mol. The summed E-state index contributed by atoms with van der Waals surface area (Å²) in [6, 6.07) is 5.39. The maximum atomic E-state index is 11.0. The third-order valence-corrected chi connectivity index (χ3v) is 2.72. The monoisotopic (exact) mass is 208 g/mol. The number of nitrogens with one attached hydrogen (secondary N) is 1. The maximum absolute atomic E-state index is 11.0. The van der Waals surface area contributed by atoms with E-state index >= 15 is 0 Å². The number of hydrogen-bond acceptors (Lipinski definition) is 3. The summed E-state index contributed by atoms with van der Waals surface area (Å²) in [6.45, 7) is 5.61. The summed E-state index contributed by atoms with van der Waals surface area (Å²) in [5.41, 5.74) is 1.22. The van der Waals surface area contributed by atoms with Crippen molar-refractivity contribution in [2.75, 3.05) is 7.05 Å². The van der Waals surface area contributed by atoms with Gasteiger partial charge in [-0.25, -0.2) is 0 Å². The van der Waals surface area contributed by atoms with Gasteiger partial charge in [0.2, 0.25) is 0 Å². The van der Waals surface area contributed by atoms with Crippen LogP contribution in [0.4, 0.5) is 5.69 Å². The van der Waals surface area contributed by atoms with Crippen molar-refractivity contribution in [3.05, 3.63) is 39.4 Å². The minimum Gasteiger partial charge on any atom is -0.311 e. The summed E-state index contributed by atoms with van der Waals surface area (Å²) in [6.07, 6.45) is 0. The van der Waals surface area contributed by atoms with Crippen molar-refractivity contribution in [3.63, 3.8) is 0 Å². The van der Waals surface area contributed by atoms with Gasteiger partial charge in [-0.05, 0) is 27.8 Å². The summed E-state index contributed by atoms with van der Waals surface area (Å²) in [5, 5.41) is 14.1. The summed E-state index contributed by atoms with van der Waals surface area (Å²) in [7, 11) is 1.80. The van der Waals surface area contributed by atoms with Crippen LogP contribution in [0.2, 0.25) is 0 Å². The second kappa shape index (κ2) is 3.98. The number of nitro benzene ring substituents is 1. The fraction of sp³-hybridized carbons (Fsp3) is 0.455. The largest absolute Gasteiger partial charge is 0.311 e. The Hall–Kier alpha value is -1.42. The van der Waals surface area contributed by atoms with E-state index in [1.807, 2.05) is 19.9 Å². The van der Waals surface area contributed by atoms with E-state index < -0.39 is 5.54 Å². The van der Waals surface area contributed by atoms with Crippen LogP contribution in [0.25, 0.3) is 0 Å². The fourth-order valence-electron chi connectivity index (χ4n) is 1.54. The van der Waals surface area contributed by atoms with Crippen LogP contribution in [0, 0.1) is 17.0 Å². The van der Waals surface area contributed by atoms with E-state index in [0.717, 1.165) is 5.56 Å². The lowest BCUT2D eigenvalue weighted by molar-refractivity contribution is -0.386. The molecule has 0 heterocycles. The molecule has 82 valence electrons. The van der Waals surface area contributed by atoms with Crippen molar-refractivity contribution in [1.29, 1.82) is 0 Å². The minimum atomic E-state index is -0.394. The number of aryl methyl sites for hydroxylation is 1. The Labute approximate surface area is 89.5 Å². The predicted molar refractivity (Wildman–Crippen MR) is 59.9 cm³/mol. The average molecular weight is 208 g/mol. The lowest BCUT2D eigenvalue weighted by atomic mass is 9.91. The minimum absolute atomic E-state index is 0.205. The molecule has 4 heteroatoms. The highest BCUT2D eigenvalue weighted by Gasteiger charge is 2.28. The van der Waals surface area contributed by atoms with Gasteiger partial charge in [-0.15, -0.1) is 0 Å². The summed E-state index contributed by atoms with van der Waals surface area (Å²) < 4.78 is 0. The number of rotatable bonds is 3. The molecule has 0 aliphatic heterocycles. The third-order valence-electron chi connectivity index (χ3n) is 2.72. The SMILES string of the molecule is CNC(C)(C)c1cccc(C)c1[N+](=O)[O-]. The summed E-state index contributed by atoms with van der Waals surface area (Å²) in [4.78, 5) is 10.7. The molecule has 0 atom stereocenters. The Balaban J connectivity index is 3.42. The van der Waals surface area contributed by atoms with Crippen LogP contribution in [0.1, 0.15) is 25.0 Å². The molecule has 0 spiro atoms. The standard InChI is InChI=1S/C11H16N2O2/c1-8-6-5-7-9(10(8)13(14)15)11(2,3)12-4/h5-7,12H,1-4H3. The molecule has 15 heavy (non-hydrogen) atoms. The van der Waals surface area contributed by atoms with Crippen LogP contribution in [0.3, 0.4) is 0 Å². The van der Waals surface area contributed by atoms with Gasteiger partial charge in [0.1, 0.15) is 0 Å².